The minimum absolute atomic E-state index is 1.05. The molecule has 100 valence electrons. The zero-order chi connectivity index (χ0) is 14.1. The van der Waals surface area contributed by atoms with Crippen molar-refractivity contribution in [2.75, 3.05) is 0 Å². The van der Waals surface area contributed by atoms with E-state index in [-0.39, 0.29) is 0 Å². The van der Waals surface area contributed by atoms with Crippen molar-refractivity contribution in [2.45, 2.75) is 60.8 Å². The van der Waals surface area contributed by atoms with Crippen LogP contribution in [0.5, 0.6) is 0 Å². The number of allylic oxidation sites excluding steroid dienone is 6. The maximum Gasteiger partial charge on any atom is -0.0282 e. The minimum atomic E-state index is 1.05. The molecule has 0 saturated heterocycles. The van der Waals surface area contributed by atoms with Gasteiger partial charge in [-0.1, -0.05) is 85.4 Å². The van der Waals surface area contributed by atoms with Gasteiger partial charge in [-0.2, -0.15) is 0 Å². The van der Waals surface area contributed by atoms with Gasteiger partial charge in [-0.05, 0) is 24.0 Å². The van der Waals surface area contributed by atoms with Gasteiger partial charge in [0.1, 0.15) is 0 Å². The van der Waals surface area contributed by atoms with Gasteiger partial charge in [-0.15, -0.1) is 0 Å². The third-order valence-corrected chi connectivity index (χ3v) is 1.91. The highest BCUT2D eigenvalue weighted by atomic mass is 14.0. The highest BCUT2D eigenvalue weighted by molar-refractivity contribution is 5.30. The molecular formula is C17H32. The highest BCUT2D eigenvalue weighted by Crippen LogP contribution is 2.12. The van der Waals surface area contributed by atoms with Gasteiger partial charge >= 0.3 is 0 Å². The fourth-order valence-corrected chi connectivity index (χ4v) is 1.18. The van der Waals surface area contributed by atoms with Gasteiger partial charge in [-0.3, -0.25) is 0 Å². The van der Waals surface area contributed by atoms with Crippen molar-refractivity contribution >= 4 is 0 Å². The summed E-state index contributed by atoms with van der Waals surface area (Å²) in [6.45, 7) is 19.8. The topological polar surface area (TPSA) is 0 Å². The third-order valence-electron chi connectivity index (χ3n) is 1.91. The summed E-state index contributed by atoms with van der Waals surface area (Å²) >= 11 is 0. The van der Waals surface area contributed by atoms with Gasteiger partial charge in [-0.25, -0.2) is 0 Å². The summed E-state index contributed by atoms with van der Waals surface area (Å²) in [5.41, 5.74) is 2.64. The third kappa shape index (κ3) is 15.0. The summed E-state index contributed by atoms with van der Waals surface area (Å²) in [6, 6.07) is 0. The van der Waals surface area contributed by atoms with Gasteiger partial charge in [0.25, 0.3) is 0 Å². The van der Waals surface area contributed by atoms with Gasteiger partial charge in [0.2, 0.25) is 0 Å². The first-order valence-electron chi connectivity index (χ1n) is 6.93. The molecule has 0 aliphatic carbocycles. The first-order chi connectivity index (χ1) is 8.28. The van der Waals surface area contributed by atoms with E-state index in [0.29, 0.717) is 0 Å². The Balaban J connectivity index is -0.000000439. The lowest BCUT2D eigenvalue weighted by molar-refractivity contribution is 0.923. The van der Waals surface area contributed by atoms with E-state index < -0.39 is 0 Å². The highest BCUT2D eigenvalue weighted by Gasteiger charge is 1.92. The van der Waals surface area contributed by atoms with Crippen LogP contribution in [0.1, 0.15) is 60.8 Å². The summed E-state index contributed by atoms with van der Waals surface area (Å²) in [6.07, 6.45) is 11.4. The van der Waals surface area contributed by atoms with Crippen LogP contribution >= 0.6 is 0 Å². The summed E-state index contributed by atoms with van der Waals surface area (Å²) in [5, 5.41) is 0. The average molecular weight is 236 g/mol. The predicted molar refractivity (Wildman–Crippen MR) is 84.5 cm³/mol. The fourth-order valence-electron chi connectivity index (χ4n) is 1.18. The molecule has 0 heterocycles. The molecule has 0 amide bonds. The van der Waals surface area contributed by atoms with Gasteiger partial charge in [0.15, 0.2) is 0 Å². The largest absolute Gasteiger partial charge is 0.0991 e. The molecule has 0 N–H and O–H groups in total. The van der Waals surface area contributed by atoms with Crippen molar-refractivity contribution in [3.63, 3.8) is 0 Å². The van der Waals surface area contributed by atoms with E-state index in [1.807, 2.05) is 39.8 Å². The van der Waals surface area contributed by atoms with Gasteiger partial charge < -0.3 is 0 Å². The second kappa shape index (κ2) is 20.4. The molecule has 0 aliphatic heterocycles. The van der Waals surface area contributed by atoms with Crippen LogP contribution in [0.15, 0.2) is 48.6 Å². The molecule has 0 fully saturated rings. The van der Waals surface area contributed by atoms with Crippen LogP contribution in [0.25, 0.3) is 0 Å². The lowest BCUT2D eigenvalue weighted by Gasteiger charge is -2.01. The van der Waals surface area contributed by atoms with Crippen LogP contribution in [-0.4, -0.2) is 0 Å². The Morgan fingerprint density at radius 2 is 1.47 bits per heavy atom. The number of hydrogen-bond donors (Lipinski definition) is 0. The minimum Gasteiger partial charge on any atom is -0.0991 e. The van der Waals surface area contributed by atoms with E-state index in [9.17, 15) is 0 Å². The smallest absolute Gasteiger partial charge is 0.0282 e. The molecule has 17 heavy (non-hydrogen) atoms. The summed E-state index contributed by atoms with van der Waals surface area (Å²) in [7, 11) is 0. The van der Waals surface area contributed by atoms with E-state index in [2.05, 4.69) is 39.2 Å². The van der Waals surface area contributed by atoms with Crippen molar-refractivity contribution in [3.05, 3.63) is 48.6 Å². The second-order valence-corrected chi connectivity index (χ2v) is 3.00. The van der Waals surface area contributed by atoms with Crippen molar-refractivity contribution in [1.29, 1.82) is 0 Å². The first kappa shape index (κ1) is 21.3. The molecule has 0 rings (SSSR count). The molecule has 0 nitrogen and oxygen atoms in total. The molecule has 0 saturated carbocycles. The van der Waals surface area contributed by atoms with Crippen molar-refractivity contribution < 1.29 is 0 Å². The Morgan fingerprint density at radius 1 is 0.941 bits per heavy atom. The standard InChI is InChI=1S/C13H20.2C2H6/c1-5-9-12(7-3)11-13(8-4)10-6-2;2*1-2/h5,8-9,11H,1,4,6-7,10H2,2-3H3;2*1-2H3/b12-9-,13-11+;;. The maximum absolute atomic E-state index is 3.81. The van der Waals surface area contributed by atoms with Crippen LogP contribution in [-0.2, 0) is 0 Å². The zero-order valence-corrected chi connectivity index (χ0v) is 12.8. The van der Waals surface area contributed by atoms with Crippen LogP contribution in [0.3, 0.4) is 0 Å². The van der Waals surface area contributed by atoms with E-state index >= 15 is 0 Å². The average Bonchev–Trinajstić information content (AvgIpc) is 2.42. The predicted octanol–water partition coefficient (Wildman–Crippen LogP) is 6.47. The Kier molecular flexibility index (Phi) is 25.5. The SMILES string of the molecule is C=C/C=C(\C=C(/C=C)CCC)CC.CC.CC. The molecule has 0 aromatic heterocycles. The van der Waals surface area contributed by atoms with E-state index in [0.717, 1.165) is 12.8 Å². The second-order valence-electron chi connectivity index (χ2n) is 3.00. The van der Waals surface area contributed by atoms with E-state index in [1.54, 1.807) is 0 Å². The summed E-state index contributed by atoms with van der Waals surface area (Å²) < 4.78 is 0. The molecule has 0 aromatic carbocycles. The van der Waals surface area contributed by atoms with Crippen molar-refractivity contribution in [3.8, 4) is 0 Å². The van der Waals surface area contributed by atoms with E-state index in [4.69, 9.17) is 0 Å². The lowest BCUT2D eigenvalue weighted by Crippen LogP contribution is -1.81. The number of rotatable bonds is 6. The molecule has 0 aromatic rings. The number of hydrogen-bond acceptors (Lipinski definition) is 0. The lowest BCUT2D eigenvalue weighted by atomic mass is 10.1. The van der Waals surface area contributed by atoms with Gasteiger partial charge in [0, 0.05) is 0 Å². The molecule has 0 radical (unpaired) electrons. The Morgan fingerprint density at radius 3 is 1.76 bits per heavy atom. The fraction of sp³-hybridized carbons (Fsp3) is 0.529. The van der Waals surface area contributed by atoms with Crippen LogP contribution in [0.2, 0.25) is 0 Å². The van der Waals surface area contributed by atoms with Crippen LogP contribution in [0.4, 0.5) is 0 Å². The maximum atomic E-state index is 3.81. The monoisotopic (exact) mass is 236 g/mol. The zero-order valence-electron chi connectivity index (χ0n) is 12.8. The normalized spacial score (nSPS) is 10.5. The first-order valence-corrected chi connectivity index (χ1v) is 6.93. The summed E-state index contributed by atoms with van der Waals surface area (Å²) in [5.74, 6) is 0. The molecule has 0 atom stereocenters. The summed E-state index contributed by atoms with van der Waals surface area (Å²) in [4.78, 5) is 0. The Hall–Kier alpha value is -1.04. The molecule has 0 unspecified atom stereocenters. The molecular weight excluding hydrogens is 204 g/mol. The Labute approximate surface area is 110 Å². The van der Waals surface area contributed by atoms with Crippen LogP contribution in [0, 0.1) is 0 Å². The molecule has 0 aliphatic rings. The van der Waals surface area contributed by atoms with Crippen LogP contribution < -0.4 is 0 Å². The Bertz CT molecular complexity index is 216. The quantitative estimate of drug-likeness (QED) is 0.463. The van der Waals surface area contributed by atoms with Gasteiger partial charge in [0.05, 0.1) is 0 Å². The van der Waals surface area contributed by atoms with Crippen molar-refractivity contribution in [1.82, 2.24) is 0 Å². The van der Waals surface area contributed by atoms with E-state index in [1.165, 1.54) is 17.6 Å². The molecule has 0 spiro atoms. The molecule has 0 heteroatoms. The molecule has 0 bridgehead atoms. The van der Waals surface area contributed by atoms with Crippen molar-refractivity contribution in [2.24, 2.45) is 0 Å².